The summed E-state index contributed by atoms with van der Waals surface area (Å²) in [5, 5.41) is 22.5. The van der Waals surface area contributed by atoms with Crippen LogP contribution in [0.25, 0.3) is 0 Å². The van der Waals surface area contributed by atoms with Gasteiger partial charge in [-0.2, -0.15) is 0 Å². The molecule has 0 spiro atoms. The number of carbonyl (C=O) groups excluding carboxylic acids is 3. The van der Waals surface area contributed by atoms with Crippen molar-refractivity contribution in [1.29, 1.82) is 0 Å². The molecule has 0 bridgehead atoms. The predicted molar refractivity (Wildman–Crippen MR) is 213 cm³/mol. The number of carboxylic acids is 1. The van der Waals surface area contributed by atoms with E-state index in [-0.39, 0.29) is 30.9 Å². The number of aliphatic hydroxyl groups is 1. The Morgan fingerprint density at radius 1 is 0.615 bits per heavy atom. The molecule has 0 heterocycles. The number of rotatable bonds is 33. The van der Waals surface area contributed by atoms with E-state index in [1.807, 2.05) is 12.2 Å². The van der Waals surface area contributed by atoms with E-state index in [2.05, 4.69) is 97.4 Å². The van der Waals surface area contributed by atoms with Crippen LogP contribution in [0.3, 0.4) is 0 Å². The average molecular weight is 725 g/mol. The van der Waals surface area contributed by atoms with Crippen molar-refractivity contribution in [2.75, 3.05) is 13.2 Å². The molecule has 0 aliphatic carbocycles. The first-order valence-corrected chi connectivity index (χ1v) is 19.5. The molecule has 52 heavy (non-hydrogen) atoms. The van der Waals surface area contributed by atoms with Gasteiger partial charge in [0.25, 0.3) is 0 Å². The third kappa shape index (κ3) is 33.2. The standard InChI is InChI=1S/C43H68N2O7/c1-3-5-7-9-11-12-13-14-15-16-17-18-19-20-21-22-23-25-31-35-42(49)52-38(32-28-24-10-8-6-4-2)33-29-26-27-30-34-40(47)44-36-41(48)45-39(37-46)43(50)51/h5,7,11-12,14-15,17-18,20-21,23,25,28,32,38-39,46H,3-4,6,8-10,13,16,19,22,24,26-27,29-31,33-37H2,1-2H3,(H,44,47)(H,45,48)(H,50,51)/b7-5-,12-11-,15-14-,18-17-,21-20-,25-23-,32-28-. The smallest absolute Gasteiger partial charge is 0.328 e. The topological polar surface area (TPSA) is 142 Å². The normalized spacial score (nSPS) is 13.4. The van der Waals surface area contributed by atoms with Gasteiger partial charge in [-0.3, -0.25) is 14.4 Å². The Bertz CT molecular complexity index is 1150. The minimum Gasteiger partial charge on any atom is -0.480 e. The summed E-state index contributed by atoms with van der Waals surface area (Å²) in [4.78, 5) is 47.3. The lowest BCUT2D eigenvalue weighted by molar-refractivity contribution is -0.147. The zero-order valence-corrected chi connectivity index (χ0v) is 32.0. The molecule has 2 unspecified atom stereocenters. The molecule has 0 radical (unpaired) electrons. The number of esters is 1. The summed E-state index contributed by atoms with van der Waals surface area (Å²) in [5.74, 6) is -2.51. The van der Waals surface area contributed by atoms with Gasteiger partial charge in [0.1, 0.15) is 12.1 Å². The summed E-state index contributed by atoms with van der Waals surface area (Å²) in [6.07, 6.45) is 46.4. The van der Waals surface area contributed by atoms with Gasteiger partial charge in [-0.05, 0) is 83.1 Å². The van der Waals surface area contributed by atoms with Crippen molar-refractivity contribution >= 4 is 23.8 Å². The molecule has 9 heteroatoms. The number of aliphatic carboxylic acids is 1. The van der Waals surface area contributed by atoms with Crippen LogP contribution in [0.1, 0.15) is 136 Å². The van der Waals surface area contributed by atoms with Gasteiger partial charge < -0.3 is 25.6 Å². The lowest BCUT2D eigenvalue weighted by Gasteiger charge is -2.14. The average Bonchev–Trinajstić information content (AvgIpc) is 3.13. The number of aliphatic hydroxyl groups excluding tert-OH is 1. The monoisotopic (exact) mass is 725 g/mol. The highest BCUT2D eigenvalue weighted by molar-refractivity contribution is 5.87. The Hall–Kier alpha value is -3.98. The highest BCUT2D eigenvalue weighted by Gasteiger charge is 2.18. The van der Waals surface area contributed by atoms with Crippen molar-refractivity contribution in [3.8, 4) is 0 Å². The summed E-state index contributed by atoms with van der Waals surface area (Å²) in [6.45, 7) is 3.26. The van der Waals surface area contributed by atoms with Crippen molar-refractivity contribution in [2.24, 2.45) is 0 Å². The minimum absolute atomic E-state index is 0.200. The Balaban J connectivity index is 4.34. The van der Waals surface area contributed by atoms with E-state index in [4.69, 9.17) is 14.9 Å². The lowest BCUT2D eigenvalue weighted by atomic mass is 10.1. The molecule has 0 aliphatic heterocycles. The van der Waals surface area contributed by atoms with Crippen molar-refractivity contribution in [2.45, 2.75) is 148 Å². The maximum atomic E-state index is 12.6. The van der Waals surface area contributed by atoms with Gasteiger partial charge in [0.2, 0.25) is 11.8 Å². The molecule has 0 aromatic rings. The molecule has 0 fully saturated rings. The molecule has 0 rings (SSSR count). The number of unbranched alkanes of at least 4 members (excludes halogenated alkanes) is 7. The molecule has 0 saturated heterocycles. The van der Waals surface area contributed by atoms with E-state index in [1.165, 1.54) is 19.3 Å². The van der Waals surface area contributed by atoms with Crippen molar-refractivity contribution < 1.29 is 34.1 Å². The quantitative estimate of drug-likeness (QED) is 0.0301. The largest absolute Gasteiger partial charge is 0.480 e. The first kappa shape index (κ1) is 48.0. The van der Waals surface area contributed by atoms with Crippen LogP contribution in [0.15, 0.2) is 85.1 Å². The predicted octanol–water partition coefficient (Wildman–Crippen LogP) is 8.92. The Labute approximate surface area is 314 Å². The third-order valence-electron chi connectivity index (χ3n) is 7.87. The second kappa shape index (κ2) is 36.8. The van der Waals surface area contributed by atoms with Crippen LogP contribution in [-0.2, 0) is 23.9 Å². The number of nitrogens with one attached hydrogen (secondary N) is 2. The molecule has 2 atom stereocenters. The van der Waals surface area contributed by atoms with Gasteiger partial charge >= 0.3 is 11.9 Å². The van der Waals surface area contributed by atoms with Gasteiger partial charge in [0.15, 0.2) is 0 Å². The third-order valence-corrected chi connectivity index (χ3v) is 7.87. The van der Waals surface area contributed by atoms with Crippen LogP contribution in [0.5, 0.6) is 0 Å². The van der Waals surface area contributed by atoms with Crippen LogP contribution in [0, 0.1) is 0 Å². The van der Waals surface area contributed by atoms with E-state index in [1.54, 1.807) is 0 Å². The van der Waals surface area contributed by atoms with Gasteiger partial charge in [-0.15, -0.1) is 0 Å². The molecule has 9 nitrogen and oxygen atoms in total. The zero-order valence-electron chi connectivity index (χ0n) is 32.0. The molecule has 0 aliphatic rings. The van der Waals surface area contributed by atoms with Crippen molar-refractivity contribution in [3.63, 3.8) is 0 Å². The number of allylic oxidation sites excluding steroid dienone is 13. The van der Waals surface area contributed by atoms with E-state index in [9.17, 15) is 19.2 Å². The van der Waals surface area contributed by atoms with Crippen molar-refractivity contribution in [3.05, 3.63) is 85.1 Å². The lowest BCUT2D eigenvalue weighted by Crippen LogP contribution is -2.47. The zero-order chi connectivity index (χ0) is 38.3. The summed E-state index contributed by atoms with van der Waals surface area (Å²) in [6, 6.07) is -1.40. The fourth-order valence-corrected chi connectivity index (χ4v) is 4.88. The Morgan fingerprint density at radius 2 is 1.17 bits per heavy atom. The number of carbonyl (C=O) groups is 4. The minimum atomic E-state index is -1.40. The second-order valence-corrected chi connectivity index (χ2v) is 12.6. The maximum absolute atomic E-state index is 12.6. The summed E-state index contributed by atoms with van der Waals surface area (Å²) < 4.78 is 5.82. The highest BCUT2D eigenvalue weighted by Crippen LogP contribution is 2.14. The molecule has 0 aromatic carbocycles. The molecule has 4 N–H and O–H groups in total. The summed E-state index contributed by atoms with van der Waals surface area (Å²) in [5.41, 5.74) is 0. The van der Waals surface area contributed by atoms with E-state index in [0.717, 1.165) is 77.0 Å². The van der Waals surface area contributed by atoms with Crippen LogP contribution in [-0.4, -0.2) is 59.3 Å². The maximum Gasteiger partial charge on any atom is 0.328 e. The number of carboxylic acid groups (broad SMARTS) is 1. The first-order valence-electron chi connectivity index (χ1n) is 19.5. The van der Waals surface area contributed by atoms with Gasteiger partial charge in [0.05, 0.1) is 13.2 Å². The fourth-order valence-electron chi connectivity index (χ4n) is 4.88. The molecule has 0 aromatic heterocycles. The highest BCUT2D eigenvalue weighted by atomic mass is 16.5. The molecule has 0 saturated carbocycles. The van der Waals surface area contributed by atoms with E-state index < -0.39 is 24.5 Å². The van der Waals surface area contributed by atoms with Crippen LogP contribution >= 0.6 is 0 Å². The molecule has 292 valence electrons. The Morgan fingerprint density at radius 3 is 1.73 bits per heavy atom. The van der Waals surface area contributed by atoms with Gasteiger partial charge in [-0.1, -0.05) is 125 Å². The van der Waals surface area contributed by atoms with Crippen molar-refractivity contribution in [1.82, 2.24) is 10.6 Å². The molecule has 2 amide bonds. The van der Waals surface area contributed by atoms with Crippen LogP contribution in [0.2, 0.25) is 0 Å². The summed E-state index contributed by atoms with van der Waals surface area (Å²) >= 11 is 0. The van der Waals surface area contributed by atoms with E-state index >= 15 is 0 Å². The SMILES string of the molecule is CC/C=C\C/C=C\C/C=C\C/C=C\C/C=C\C/C=C\CCC(=O)OC(/C=C\CCCCCC)CCCCCCC(=O)NCC(=O)NC(CO)C(=O)O. The number of amides is 2. The number of ether oxygens (including phenoxy) is 1. The Kier molecular flexibility index (Phi) is 34.0. The van der Waals surface area contributed by atoms with Crippen LogP contribution < -0.4 is 10.6 Å². The van der Waals surface area contributed by atoms with E-state index in [0.29, 0.717) is 19.3 Å². The molecular formula is C43H68N2O7. The fraction of sp³-hybridized carbons (Fsp3) is 0.581. The molecular weight excluding hydrogens is 656 g/mol. The number of hydrogen-bond acceptors (Lipinski definition) is 6. The number of hydrogen-bond donors (Lipinski definition) is 4. The van der Waals surface area contributed by atoms with Gasteiger partial charge in [-0.25, -0.2) is 4.79 Å². The second-order valence-electron chi connectivity index (χ2n) is 12.6. The van der Waals surface area contributed by atoms with Crippen LogP contribution in [0.4, 0.5) is 0 Å². The summed E-state index contributed by atoms with van der Waals surface area (Å²) in [7, 11) is 0. The van der Waals surface area contributed by atoms with Gasteiger partial charge in [0, 0.05) is 12.8 Å². The first-order chi connectivity index (χ1) is 25.3.